The van der Waals surface area contributed by atoms with Crippen molar-refractivity contribution < 1.29 is 22.7 Å². The van der Waals surface area contributed by atoms with Crippen LogP contribution in [0.15, 0.2) is 29.4 Å². The Labute approximate surface area is 103 Å². The molecule has 0 saturated carbocycles. The minimum atomic E-state index is -4.34. The molecule has 0 aliphatic rings. The largest absolute Gasteiger partial charge is 0.411 e. The Kier molecular flexibility index (Phi) is 5.15. The molecule has 0 fully saturated rings. The van der Waals surface area contributed by atoms with E-state index in [1.165, 1.54) is 7.11 Å². The zero-order valence-electron chi connectivity index (χ0n) is 10.1. The lowest BCUT2D eigenvalue weighted by Crippen LogP contribution is -2.21. The molecule has 0 radical (unpaired) electrons. The lowest BCUT2D eigenvalue weighted by Gasteiger charge is -2.09. The number of rotatable bonds is 5. The molecule has 0 heterocycles. The van der Waals surface area contributed by atoms with Crippen LogP contribution in [-0.2, 0) is 9.57 Å². The van der Waals surface area contributed by atoms with Gasteiger partial charge in [-0.25, -0.2) is 0 Å². The van der Waals surface area contributed by atoms with Crippen molar-refractivity contribution in [2.45, 2.75) is 13.1 Å². The zero-order valence-corrected chi connectivity index (χ0v) is 10.1. The first-order chi connectivity index (χ1) is 8.42. The van der Waals surface area contributed by atoms with Crippen LogP contribution >= 0.6 is 0 Å². The highest BCUT2D eigenvalue weighted by Crippen LogP contribution is 2.15. The molecule has 0 aromatic heterocycles. The summed E-state index contributed by atoms with van der Waals surface area (Å²) in [5.74, 6) is 0. The number of hydrogen-bond donors (Lipinski definition) is 0. The fourth-order valence-corrected chi connectivity index (χ4v) is 1.28. The van der Waals surface area contributed by atoms with Crippen LogP contribution in [0.1, 0.15) is 11.1 Å². The van der Waals surface area contributed by atoms with Crippen molar-refractivity contribution in [1.82, 2.24) is 0 Å². The summed E-state index contributed by atoms with van der Waals surface area (Å²) in [5.41, 5.74) is 2.04. The molecule has 0 atom stereocenters. The summed E-state index contributed by atoms with van der Waals surface area (Å²) in [6, 6.07) is 7.18. The summed E-state index contributed by atoms with van der Waals surface area (Å²) in [6.07, 6.45) is -4.34. The van der Waals surface area contributed by atoms with E-state index in [1.807, 2.05) is 19.1 Å². The molecule has 100 valence electrons. The van der Waals surface area contributed by atoms with Crippen molar-refractivity contribution in [2.24, 2.45) is 5.16 Å². The van der Waals surface area contributed by atoms with Crippen LogP contribution < -0.4 is 0 Å². The summed E-state index contributed by atoms with van der Waals surface area (Å²) >= 11 is 0. The predicted molar refractivity (Wildman–Crippen MR) is 61.6 cm³/mol. The Balaban J connectivity index is 2.66. The minimum Gasteiger partial charge on any atom is -0.399 e. The van der Waals surface area contributed by atoms with Gasteiger partial charge in [-0.05, 0) is 6.92 Å². The minimum absolute atomic E-state index is 0.254. The SMILES string of the molecule is CON=C(COCC(F)(F)F)c1ccc(C)cc1. The number of hydrogen-bond acceptors (Lipinski definition) is 3. The second kappa shape index (κ2) is 6.39. The Morgan fingerprint density at radius 1 is 1.22 bits per heavy atom. The molecule has 0 unspecified atom stereocenters. The van der Waals surface area contributed by atoms with E-state index in [1.54, 1.807) is 12.1 Å². The standard InChI is InChI=1S/C12H14F3NO2/c1-9-3-5-10(6-4-9)11(16-17-2)7-18-8-12(13,14)15/h3-6H,7-8H2,1-2H3. The first-order valence-corrected chi connectivity index (χ1v) is 5.24. The van der Waals surface area contributed by atoms with E-state index < -0.39 is 12.8 Å². The van der Waals surface area contributed by atoms with E-state index in [0.29, 0.717) is 11.3 Å². The van der Waals surface area contributed by atoms with Crippen LogP contribution in [0.3, 0.4) is 0 Å². The number of alkyl halides is 3. The second-order valence-electron chi connectivity index (χ2n) is 3.69. The smallest absolute Gasteiger partial charge is 0.399 e. The average Bonchev–Trinajstić information content (AvgIpc) is 2.27. The van der Waals surface area contributed by atoms with Gasteiger partial charge in [-0.1, -0.05) is 35.0 Å². The van der Waals surface area contributed by atoms with Gasteiger partial charge in [0.2, 0.25) is 0 Å². The van der Waals surface area contributed by atoms with Crippen molar-refractivity contribution in [1.29, 1.82) is 0 Å². The molecule has 1 aromatic rings. The van der Waals surface area contributed by atoms with E-state index in [2.05, 4.69) is 14.7 Å². The molecule has 6 heteroatoms. The lowest BCUT2D eigenvalue weighted by atomic mass is 10.1. The van der Waals surface area contributed by atoms with Crippen molar-refractivity contribution in [2.75, 3.05) is 20.3 Å². The summed E-state index contributed by atoms with van der Waals surface area (Å²) in [5, 5.41) is 3.67. The summed E-state index contributed by atoms with van der Waals surface area (Å²) < 4.78 is 40.4. The zero-order chi connectivity index (χ0) is 13.6. The van der Waals surface area contributed by atoms with Gasteiger partial charge >= 0.3 is 6.18 Å². The molecular weight excluding hydrogens is 247 g/mol. The highest BCUT2D eigenvalue weighted by Gasteiger charge is 2.27. The summed E-state index contributed by atoms with van der Waals surface area (Å²) in [4.78, 5) is 4.60. The van der Waals surface area contributed by atoms with Crippen LogP contribution in [0.25, 0.3) is 0 Å². The third kappa shape index (κ3) is 5.18. The predicted octanol–water partition coefficient (Wildman–Crippen LogP) is 2.92. The van der Waals surface area contributed by atoms with Crippen LogP contribution in [0.4, 0.5) is 13.2 Å². The van der Waals surface area contributed by atoms with Gasteiger partial charge < -0.3 is 9.57 Å². The fourth-order valence-electron chi connectivity index (χ4n) is 1.28. The highest BCUT2D eigenvalue weighted by atomic mass is 19.4. The maximum absolute atomic E-state index is 12.0. The van der Waals surface area contributed by atoms with E-state index in [-0.39, 0.29) is 6.61 Å². The molecule has 1 rings (SSSR count). The molecule has 1 aromatic carbocycles. The average molecular weight is 261 g/mol. The molecule has 0 saturated heterocycles. The van der Waals surface area contributed by atoms with Gasteiger partial charge in [-0.2, -0.15) is 13.2 Å². The van der Waals surface area contributed by atoms with Crippen LogP contribution in [0.2, 0.25) is 0 Å². The van der Waals surface area contributed by atoms with E-state index in [0.717, 1.165) is 5.56 Å². The third-order valence-electron chi connectivity index (χ3n) is 2.09. The van der Waals surface area contributed by atoms with Gasteiger partial charge in [0.25, 0.3) is 0 Å². The van der Waals surface area contributed by atoms with Crippen LogP contribution in [-0.4, -0.2) is 32.2 Å². The number of nitrogens with zero attached hydrogens (tertiary/aromatic N) is 1. The van der Waals surface area contributed by atoms with E-state index in [9.17, 15) is 13.2 Å². The van der Waals surface area contributed by atoms with Crippen LogP contribution in [0, 0.1) is 6.92 Å². The number of benzene rings is 1. The van der Waals surface area contributed by atoms with Gasteiger partial charge in [-0.15, -0.1) is 0 Å². The van der Waals surface area contributed by atoms with Gasteiger partial charge in [0, 0.05) is 5.56 Å². The first kappa shape index (κ1) is 14.5. The Morgan fingerprint density at radius 2 is 1.83 bits per heavy atom. The monoisotopic (exact) mass is 261 g/mol. The fraction of sp³-hybridized carbons (Fsp3) is 0.417. The van der Waals surface area contributed by atoms with Crippen molar-refractivity contribution in [3.8, 4) is 0 Å². The molecule has 0 aliphatic carbocycles. The number of oxime groups is 1. The summed E-state index contributed by atoms with van der Waals surface area (Å²) in [7, 11) is 1.33. The molecule has 0 bridgehead atoms. The molecule has 3 nitrogen and oxygen atoms in total. The summed E-state index contributed by atoms with van der Waals surface area (Å²) in [6.45, 7) is 0.356. The Hall–Kier alpha value is -1.56. The normalized spacial score (nSPS) is 12.6. The number of halogens is 3. The van der Waals surface area contributed by atoms with Gasteiger partial charge in [-0.3, -0.25) is 0 Å². The van der Waals surface area contributed by atoms with Gasteiger partial charge in [0.05, 0.1) is 6.61 Å². The Bertz CT molecular complexity index is 399. The number of ether oxygens (including phenoxy) is 1. The topological polar surface area (TPSA) is 30.8 Å². The van der Waals surface area contributed by atoms with E-state index >= 15 is 0 Å². The second-order valence-corrected chi connectivity index (χ2v) is 3.69. The van der Waals surface area contributed by atoms with Crippen molar-refractivity contribution in [3.63, 3.8) is 0 Å². The van der Waals surface area contributed by atoms with Crippen molar-refractivity contribution >= 4 is 5.71 Å². The number of aryl methyl sites for hydroxylation is 1. The van der Waals surface area contributed by atoms with Gasteiger partial charge in [0.15, 0.2) is 0 Å². The maximum atomic E-state index is 12.0. The highest BCUT2D eigenvalue weighted by molar-refractivity contribution is 6.01. The van der Waals surface area contributed by atoms with E-state index in [4.69, 9.17) is 0 Å². The molecule has 0 amide bonds. The van der Waals surface area contributed by atoms with Crippen molar-refractivity contribution in [3.05, 3.63) is 35.4 Å². The molecule has 18 heavy (non-hydrogen) atoms. The molecule has 0 N–H and O–H groups in total. The van der Waals surface area contributed by atoms with Crippen LogP contribution in [0.5, 0.6) is 0 Å². The molecular formula is C12H14F3NO2. The van der Waals surface area contributed by atoms with Gasteiger partial charge in [0.1, 0.15) is 19.4 Å². The molecule has 0 aliphatic heterocycles. The third-order valence-corrected chi connectivity index (χ3v) is 2.09. The maximum Gasteiger partial charge on any atom is 0.411 e. The Morgan fingerprint density at radius 3 is 2.33 bits per heavy atom. The molecule has 0 spiro atoms. The quantitative estimate of drug-likeness (QED) is 0.602. The lowest BCUT2D eigenvalue weighted by molar-refractivity contribution is -0.170. The first-order valence-electron chi connectivity index (χ1n) is 5.24.